The molecule has 116 valence electrons. The van der Waals surface area contributed by atoms with E-state index in [9.17, 15) is 13.2 Å². The van der Waals surface area contributed by atoms with E-state index in [4.69, 9.17) is 11.1 Å². The van der Waals surface area contributed by atoms with Gasteiger partial charge in [-0.1, -0.05) is 6.92 Å². The van der Waals surface area contributed by atoms with Crippen molar-refractivity contribution in [2.45, 2.75) is 44.8 Å². The Morgan fingerprint density at radius 3 is 2.67 bits per heavy atom. The Labute approximate surface area is 122 Å². The minimum absolute atomic E-state index is 0.171. The van der Waals surface area contributed by atoms with Crippen molar-refractivity contribution in [2.75, 3.05) is 11.4 Å². The van der Waals surface area contributed by atoms with Gasteiger partial charge in [-0.15, -0.1) is 0 Å². The Hall–Kier alpha value is -1.72. The zero-order chi connectivity index (χ0) is 15.6. The molecule has 0 spiro atoms. The first-order valence-electron chi connectivity index (χ1n) is 7.17. The minimum atomic E-state index is -4.42. The number of nitrogen functional groups attached to an aromatic ring is 1. The van der Waals surface area contributed by atoms with Gasteiger partial charge >= 0.3 is 6.18 Å². The lowest BCUT2D eigenvalue weighted by molar-refractivity contribution is -0.137. The number of nitrogens with zero attached hydrogens (tertiary/aromatic N) is 1. The molecule has 0 saturated carbocycles. The number of anilines is 1. The van der Waals surface area contributed by atoms with Crippen LogP contribution in [0, 0.1) is 5.41 Å². The molecule has 0 aromatic heterocycles. The van der Waals surface area contributed by atoms with Gasteiger partial charge < -0.3 is 10.6 Å². The first-order valence-corrected chi connectivity index (χ1v) is 7.17. The fraction of sp³-hybridized carbons (Fsp3) is 0.533. The van der Waals surface area contributed by atoms with E-state index in [1.807, 2.05) is 0 Å². The number of piperidine rings is 1. The molecule has 1 aliphatic rings. The van der Waals surface area contributed by atoms with E-state index in [-0.39, 0.29) is 11.4 Å². The van der Waals surface area contributed by atoms with Gasteiger partial charge in [0.25, 0.3) is 0 Å². The summed E-state index contributed by atoms with van der Waals surface area (Å²) in [7, 11) is 0. The summed E-state index contributed by atoms with van der Waals surface area (Å²) in [5.41, 5.74) is 5.56. The summed E-state index contributed by atoms with van der Waals surface area (Å²) in [6.45, 7) is 2.87. The van der Waals surface area contributed by atoms with Crippen molar-refractivity contribution in [1.29, 1.82) is 5.41 Å². The smallest absolute Gasteiger partial charge is 0.384 e. The summed E-state index contributed by atoms with van der Waals surface area (Å²) in [5, 5.41) is 7.60. The predicted octanol–water partition coefficient (Wildman–Crippen LogP) is 3.76. The Bertz CT molecular complexity index is 525. The second kappa shape index (κ2) is 5.95. The Balaban J connectivity index is 2.45. The molecule has 0 aliphatic carbocycles. The second-order valence-corrected chi connectivity index (χ2v) is 5.39. The van der Waals surface area contributed by atoms with Crippen LogP contribution < -0.4 is 10.6 Å². The third-order valence-electron chi connectivity index (χ3n) is 4.02. The summed E-state index contributed by atoms with van der Waals surface area (Å²) in [5.74, 6) is -0.323. The van der Waals surface area contributed by atoms with Gasteiger partial charge in [-0.25, -0.2) is 0 Å². The van der Waals surface area contributed by atoms with Crippen LogP contribution in [0.2, 0.25) is 0 Å². The van der Waals surface area contributed by atoms with Gasteiger partial charge in [0.05, 0.1) is 5.56 Å². The van der Waals surface area contributed by atoms with Gasteiger partial charge in [0.1, 0.15) is 5.84 Å². The van der Waals surface area contributed by atoms with Gasteiger partial charge in [-0.2, -0.15) is 13.2 Å². The van der Waals surface area contributed by atoms with Gasteiger partial charge in [-0.05, 0) is 43.9 Å². The molecule has 2 rings (SSSR count). The number of halogens is 3. The van der Waals surface area contributed by atoms with Crippen molar-refractivity contribution in [2.24, 2.45) is 5.73 Å². The Morgan fingerprint density at radius 2 is 2.10 bits per heavy atom. The van der Waals surface area contributed by atoms with Crippen LogP contribution in [0.4, 0.5) is 18.9 Å². The van der Waals surface area contributed by atoms with Gasteiger partial charge in [0.15, 0.2) is 0 Å². The number of nitrogens with two attached hydrogens (primary N) is 1. The van der Waals surface area contributed by atoms with Crippen LogP contribution in [0.25, 0.3) is 0 Å². The number of amidine groups is 1. The van der Waals surface area contributed by atoms with Crippen molar-refractivity contribution in [3.05, 3.63) is 29.3 Å². The Morgan fingerprint density at radius 1 is 1.38 bits per heavy atom. The van der Waals surface area contributed by atoms with Crippen LogP contribution in [0.1, 0.15) is 43.7 Å². The quantitative estimate of drug-likeness (QED) is 0.659. The normalized spacial score (nSPS) is 19.6. The van der Waals surface area contributed by atoms with E-state index in [0.29, 0.717) is 11.7 Å². The standard InChI is InChI=1S/C15H20F3N3/c1-2-11-5-3-4-8-21(11)13-7-6-10(15(16,17)18)9-12(13)14(19)20/h6-7,9,11H,2-5,8H2,1H3,(H3,19,20). The van der Waals surface area contributed by atoms with E-state index in [1.54, 1.807) is 0 Å². The second-order valence-electron chi connectivity index (χ2n) is 5.39. The largest absolute Gasteiger partial charge is 0.416 e. The monoisotopic (exact) mass is 299 g/mol. The number of hydrogen-bond donors (Lipinski definition) is 2. The molecule has 21 heavy (non-hydrogen) atoms. The minimum Gasteiger partial charge on any atom is -0.384 e. The molecular formula is C15H20F3N3. The summed E-state index contributed by atoms with van der Waals surface area (Å²) in [4.78, 5) is 2.10. The molecule has 3 N–H and O–H groups in total. The summed E-state index contributed by atoms with van der Waals surface area (Å²) < 4.78 is 38.5. The first-order chi connectivity index (χ1) is 9.84. The van der Waals surface area contributed by atoms with E-state index >= 15 is 0 Å². The molecule has 0 bridgehead atoms. The van der Waals surface area contributed by atoms with E-state index in [0.717, 1.165) is 44.4 Å². The average molecular weight is 299 g/mol. The summed E-state index contributed by atoms with van der Waals surface area (Å²) >= 11 is 0. The number of alkyl halides is 3. The molecule has 1 aliphatic heterocycles. The number of rotatable bonds is 3. The van der Waals surface area contributed by atoms with Crippen molar-refractivity contribution in [3.8, 4) is 0 Å². The molecule has 6 heteroatoms. The lowest BCUT2D eigenvalue weighted by atomic mass is 9.97. The van der Waals surface area contributed by atoms with E-state index in [1.165, 1.54) is 6.07 Å². The molecule has 1 fully saturated rings. The third-order valence-corrected chi connectivity index (χ3v) is 4.02. The van der Waals surface area contributed by atoms with Crippen molar-refractivity contribution in [1.82, 2.24) is 0 Å². The first kappa shape index (κ1) is 15.7. The lowest BCUT2D eigenvalue weighted by Gasteiger charge is -2.38. The summed E-state index contributed by atoms with van der Waals surface area (Å²) in [6.07, 6.45) is -0.331. The zero-order valence-corrected chi connectivity index (χ0v) is 12.0. The Kier molecular flexibility index (Phi) is 4.44. The molecule has 0 radical (unpaired) electrons. The van der Waals surface area contributed by atoms with Gasteiger partial charge in [-0.3, -0.25) is 5.41 Å². The van der Waals surface area contributed by atoms with E-state index < -0.39 is 11.7 Å². The fourth-order valence-electron chi connectivity index (χ4n) is 2.92. The van der Waals surface area contributed by atoms with Gasteiger partial charge in [0, 0.05) is 23.8 Å². The van der Waals surface area contributed by atoms with Crippen molar-refractivity contribution in [3.63, 3.8) is 0 Å². The lowest BCUT2D eigenvalue weighted by Crippen LogP contribution is -2.40. The molecule has 1 saturated heterocycles. The molecule has 1 aromatic rings. The fourth-order valence-corrected chi connectivity index (χ4v) is 2.92. The highest BCUT2D eigenvalue weighted by molar-refractivity contribution is 6.00. The van der Waals surface area contributed by atoms with Crippen LogP contribution in [-0.4, -0.2) is 18.4 Å². The molecule has 0 amide bonds. The van der Waals surface area contributed by atoms with Crippen LogP contribution >= 0.6 is 0 Å². The highest BCUT2D eigenvalue weighted by atomic mass is 19.4. The number of benzene rings is 1. The van der Waals surface area contributed by atoms with Gasteiger partial charge in [0.2, 0.25) is 0 Å². The van der Waals surface area contributed by atoms with Crippen LogP contribution in [0.5, 0.6) is 0 Å². The maximum Gasteiger partial charge on any atom is 0.416 e. The average Bonchev–Trinajstić information content (AvgIpc) is 2.45. The summed E-state index contributed by atoms with van der Waals surface area (Å²) in [6, 6.07) is 3.81. The van der Waals surface area contributed by atoms with Crippen LogP contribution in [0.15, 0.2) is 18.2 Å². The zero-order valence-electron chi connectivity index (χ0n) is 12.0. The molecule has 1 unspecified atom stereocenters. The number of nitrogens with one attached hydrogen (secondary N) is 1. The third kappa shape index (κ3) is 3.31. The topological polar surface area (TPSA) is 53.1 Å². The maximum absolute atomic E-state index is 12.8. The molecular weight excluding hydrogens is 279 g/mol. The molecule has 1 aromatic carbocycles. The van der Waals surface area contributed by atoms with E-state index in [2.05, 4.69) is 11.8 Å². The van der Waals surface area contributed by atoms with Crippen molar-refractivity contribution >= 4 is 11.5 Å². The maximum atomic E-state index is 12.8. The van der Waals surface area contributed by atoms with Crippen LogP contribution in [-0.2, 0) is 6.18 Å². The highest BCUT2D eigenvalue weighted by Gasteiger charge is 2.32. The predicted molar refractivity (Wildman–Crippen MR) is 77.7 cm³/mol. The van der Waals surface area contributed by atoms with Crippen LogP contribution in [0.3, 0.4) is 0 Å². The number of hydrogen-bond acceptors (Lipinski definition) is 2. The molecule has 3 nitrogen and oxygen atoms in total. The SMILES string of the molecule is CCC1CCCCN1c1ccc(C(F)(F)F)cc1C(=N)N. The van der Waals surface area contributed by atoms with Crippen molar-refractivity contribution < 1.29 is 13.2 Å². The molecule has 1 heterocycles. The highest BCUT2D eigenvalue weighted by Crippen LogP contribution is 2.35. The molecule has 1 atom stereocenters.